The third-order valence-electron chi connectivity index (χ3n) is 6.04. The number of hydrogen-bond acceptors (Lipinski definition) is 3. The quantitative estimate of drug-likeness (QED) is 0.833. The summed E-state index contributed by atoms with van der Waals surface area (Å²) in [5.74, 6) is -2.69. The molecule has 0 unspecified atom stereocenters. The fourth-order valence-corrected chi connectivity index (χ4v) is 4.67. The molecule has 1 saturated heterocycles. The van der Waals surface area contributed by atoms with Crippen LogP contribution in [0.25, 0.3) is 0 Å². The molecule has 1 amide bonds. The Hall–Kier alpha value is -0.820. The predicted octanol–water partition coefficient (Wildman–Crippen LogP) is 2.41. The molecule has 0 aromatic heterocycles. The Morgan fingerprint density at radius 1 is 0.917 bits per heavy atom. The number of aliphatic hydroxyl groups is 1. The molecule has 24 heavy (non-hydrogen) atoms. The molecular formula is C17H27F3N2O2. The number of carbonyl (C=O) groups excluding carboxylic acids is 1. The summed E-state index contributed by atoms with van der Waals surface area (Å²) in [5, 5.41) is 10.00. The lowest BCUT2D eigenvalue weighted by molar-refractivity contribution is -0.201. The molecule has 1 heterocycles. The van der Waals surface area contributed by atoms with E-state index >= 15 is 0 Å². The molecule has 3 rings (SSSR count). The van der Waals surface area contributed by atoms with Crippen molar-refractivity contribution in [3.05, 3.63) is 0 Å². The third-order valence-corrected chi connectivity index (χ3v) is 6.04. The molecule has 7 heteroatoms. The van der Waals surface area contributed by atoms with Gasteiger partial charge in [0.15, 0.2) is 0 Å². The van der Waals surface area contributed by atoms with Crippen molar-refractivity contribution >= 4 is 5.91 Å². The molecule has 138 valence electrons. The highest BCUT2D eigenvalue weighted by Gasteiger charge is 2.49. The lowest BCUT2D eigenvalue weighted by atomic mass is 9.78. The minimum absolute atomic E-state index is 0.0775. The van der Waals surface area contributed by atoms with E-state index in [1.807, 2.05) is 0 Å². The normalized spacial score (nSPS) is 36.1. The first-order valence-electron chi connectivity index (χ1n) is 9.15. The lowest BCUT2D eigenvalue weighted by Crippen LogP contribution is -2.55. The van der Waals surface area contributed by atoms with Gasteiger partial charge in [0.05, 0.1) is 12.0 Å². The maximum absolute atomic E-state index is 13.2. The number of rotatable bonds is 2. The average Bonchev–Trinajstić information content (AvgIpc) is 2.99. The van der Waals surface area contributed by atoms with Gasteiger partial charge in [0.2, 0.25) is 5.91 Å². The molecule has 0 aromatic carbocycles. The standard InChI is InChI=1S/C17H27F3N2O2/c18-17(19,20)13-5-2-1-4-12(13)16(24)22-10-8-21(9-11-22)14-6-3-7-15(14)23/h12-15,23H,1-11H2/t12-,13+,14-,15-/m1/s1. The Labute approximate surface area is 141 Å². The number of nitrogens with zero attached hydrogens (tertiary/aromatic N) is 2. The number of alkyl halides is 3. The van der Waals surface area contributed by atoms with E-state index in [0.29, 0.717) is 45.4 Å². The first-order valence-corrected chi connectivity index (χ1v) is 9.15. The van der Waals surface area contributed by atoms with Gasteiger partial charge in [-0.25, -0.2) is 0 Å². The van der Waals surface area contributed by atoms with E-state index in [9.17, 15) is 23.1 Å². The molecule has 3 fully saturated rings. The molecule has 0 aromatic rings. The fourth-order valence-electron chi connectivity index (χ4n) is 4.67. The first kappa shape index (κ1) is 18.0. The minimum atomic E-state index is -4.28. The molecule has 2 saturated carbocycles. The molecule has 4 nitrogen and oxygen atoms in total. The Morgan fingerprint density at radius 2 is 1.58 bits per heavy atom. The van der Waals surface area contributed by atoms with Crippen LogP contribution >= 0.6 is 0 Å². The first-order chi connectivity index (χ1) is 11.4. The van der Waals surface area contributed by atoms with E-state index in [1.165, 1.54) is 0 Å². The van der Waals surface area contributed by atoms with Gasteiger partial charge in [0, 0.05) is 38.1 Å². The smallest absolute Gasteiger partial charge is 0.391 e. The number of carbonyl (C=O) groups is 1. The maximum Gasteiger partial charge on any atom is 0.392 e. The highest BCUT2D eigenvalue weighted by atomic mass is 19.4. The molecule has 4 atom stereocenters. The predicted molar refractivity (Wildman–Crippen MR) is 83.3 cm³/mol. The lowest BCUT2D eigenvalue weighted by Gasteiger charge is -2.42. The second kappa shape index (κ2) is 7.20. The second-order valence-electron chi connectivity index (χ2n) is 7.47. The minimum Gasteiger partial charge on any atom is -0.391 e. The SMILES string of the molecule is O=C([C@@H]1CCCC[C@@H]1C(F)(F)F)N1CCN([C@@H]2CCC[C@H]2O)CC1. The van der Waals surface area contributed by atoms with Crippen LogP contribution in [0.5, 0.6) is 0 Å². The van der Waals surface area contributed by atoms with Crippen molar-refractivity contribution in [2.75, 3.05) is 26.2 Å². The fraction of sp³-hybridized carbons (Fsp3) is 0.941. The van der Waals surface area contributed by atoms with Crippen molar-refractivity contribution in [2.24, 2.45) is 11.8 Å². The van der Waals surface area contributed by atoms with Crippen molar-refractivity contribution in [3.63, 3.8) is 0 Å². The van der Waals surface area contributed by atoms with E-state index in [0.717, 1.165) is 19.3 Å². The summed E-state index contributed by atoms with van der Waals surface area (Å²) in [7, 11) is 0. The molecule has 0 spiro atoms. The van der Waals surface area contributed by atoms with Gasteiger partial charge in [0.25, 0.3) is 0 Å². The summed E-state index contributed by atoms with van der Waals surface area (Å²) in [6, 6.07) is 0.153. The molecule has 0 radical (unpaired) electrons. The van der Waals surface area contributed by atoms with Crippen molar-refractivity contribution in [2.45, 2.75) is 63.3 Å². The van der Waals surface area contributed by atoms with Gasteiger partial charge in [-0.3, -0.25) is 9.69 Å². The zero-order chi connectivity index (χ0) is 17.3. The molecular weight excluding hydrogens is 321 g/mol. The summed E-state index contributed by atoms with van der Waals surface area (Å²) in [6.07, 6.45) is -0.0959. The highest BCUT2D eigenvalue weighted by Crippen LogP contribution is 2.42. The van der Waals surface area contributed by atoms with E-state index in [1.54, 1.807) is 4.90 Å². The monoisotopic (exact) mass is 348 g/mol. The summed E-state index contributed by atoms with van der Waals surface area (Å²) >= 11 is 0. The highest BCUT2D eigenvalue weighted by molar-refractivity contribution is 5.79. The van der Waals surface area contributed by atoms with Crippen LogP contribution in [-0.4, -0.2) is 65.3 Å². The Bertz CT molecular complexity index is 450. The van der Waals surface area contributed by atoms with Crippen molar-refractivity contribution < 1.29 is 23.1 Å². The number of aliphatic hydroxyl groups excluding tert-OH is 1. The van der Waals surface area contributed by atoms with Crippen LogP contribution in [-0.2, 0) is 4.79 Å². The van der Waals surface area contributed by atoms with E-state index in [2.05, 4.69) is 4.90 Å². The topological polar surface area (TPSA) is 43.8 Å². The van der Waals surface area contributed by atoms with Crippen LogP contribution in [0.2, 0.25) is 0 Å². The average molecular weight is 348 g/mol. The van der Waals surface area contributed by atoms with Crippen LogP contribution in [0.15, 0.2) is 0 Å². The van der Waals surface area contributed by atoms with Crippen LogP contribution in [0.1, 0.15) is 44.9 Å². The van der Waals surface area contributed by atoms with Crippen molar-refractivity contribution in [3.8, 4) is 0 Å². The van der Waals surface area contributed by atoms with Crippen LogP contribution < -0.4 is 0 Å². The summed E-state index contributed by atoms with van der Waals surface area (Å²) < 4.78 is 39.7. The maximum atomic E-state index is 13.2. The second-order valence-corrected chi connectivity index (χ2v) is 7.47. The Balaban J connectivity index is 1.58. The van der Waals surface area contributed by atoms with Crippen molar-refractivity contribution in [1.29, 1.82) is 0 Å². The summed E-state index contributed by atoms with van der Waals surface area (Å²) in [4.78, 5) is 16.5. The van der Waals surface area contributed by atoms with Gasteiger partial charge < -0.3 is 10.0 Å². The molecule has 3 aliphatic rings. The van der Waals surface area contributed by atoms with Crippen LogP contribution in [0.3, 0.4) is 0 Å². The largest absolute Gasteiger partial charge is 0.392 e. The number of halogens is 3. The molecule has 1 aliphatic heterocycles. The van der Waals surface area contributed by atoms with Gasteiger partial charge in [0.1, 0.15) is 0 Å². The van der Waals surface area contributed by atoms with Crippen LogP contribution in [0, 0.1) is 11.8 Å². The molecule has 0 bridgehead atoms. The molecule has 1 N–H and O–H groups in total. The van der Waals surface area contributed by atoms with E-state index in [4.69, 9.17) is 0 Å². The molecule has 2 aliphatic carbocycles. The Morgan fingerprint density at radius 3 is 2.17 bits per heavy atom. The summed E-state index contributed by atoms with van der Waals surface area (Å²) in [6.45, 7) is 2.25. The number of hydrogen-bond donors (Lipinski definition) is 1. The van der Waals surface area contributed by atoms with E-state index < -0.39 is 18.0 Å². The number of piperazine rings is 1. The van der Waals surface area contributed by atoms with Gasteiger partial charge in [-0.05, 0) is 32.1 Å². The van der Waals surface area contributed by atoms with Gasteiger partial charge in [-0.2, -0.15) is 13.2 Å². The van der Waals surface area contributed by atoms with Crippen LogP contribution in [0.4, 0.5) is 13.2 Å². The van der Waals surface area contributed by atoms with Gasteiger partial charge >= 0.3 is 6.18 Å². The van der Waals surface area contributed by atoms with Gasteiger partial charge in [-0.1, -0.05) is 12.8 Å². The van der Waals surface area contributed by atoms with Crippen molar-refractivity contribution in [1.82, 2.24) is 9.80 Å². The zero-order valence-electron chi connectivity index (χ0n) is 14.0. The zero-order valence-corrected chi connectivity index (χ0v) is 14.0. The van der Waals surface area contributed by atoms with E-state index in [-0.39, 0.29) is 24.5 Å². The van der Waals surface area contributed by atoms with Gasteiger partial charge in [-0.15, -0.1) is 0 Å². The summed E-state index contributed by atoms with van der Waals surface area (Å²) in [5.41, 5.74) is 0. The Kier molecular flexibility index (Phi) is 5.39. The third kappa shape index (κ3) is 3.72. The number of amides is 1.